The molecule has 1 N–H and O–H groups in total. The van der Waals surface area contributed by atoms with Crippen LogP contribution >= 0.6 is 34.8 Å². The molecule has 0 aromatic heterocycles. The molecule has 0 unspecified atom stereocenters. The summed E-state index contributed by atoms with van der Waals surface area (Å²) in [6.45, 7) is 0.678. The summed E-state index contributed by atoms with van der Waals surface area (Å²) in [6, 6.07) is 15.0. The monoisotopic (exact) mass is 439 g/mol. The molecule has 146 valence electrons. The van der Waals surface area contributed by atoms with E-state index in [2.05, 4.69) is 5.32 Å². The van der Waals surface area contributed by atoms with Gasteiger partial charge >= 0.3 is 0 Å². The molecule has 0 saturated carbocycles. The molecule has 0 bridgehead atoms. The zero-order valence-electron chi connectivity index (χ0n) is 14.9. The van der Waals surface area contributed by atoms with Crippen LogP contribution in [0.2, 0.25) is 15.1 Å². The third-order valence-corrected chi connectivity index (χ3v) is 4.94. The van der Waals surface area contributed by atoms with Crippen molar-refractivity contribution >= 4 is 40.5 Å². The molecule has 0 aliphatic heterocycles. The topological polar surface area (TPSA) is 30.5 Å². The van der Waals surface area contributed by atoms with Crippen molar-refractivity contribution in [2.75, 3.05) is 12.4 Å². The minimum Gasteiger partial charge on any atom is -0.495 e. The number of halogens is 4. The quantitative estimate of drug-likeness (QED) is 0.429. The highest BCUT2D eigenvalue weighted by Gasteiger charge is 2.09. The Balaban J connectivity index is 1.72. The summed E-state index contributed by atoms with van der Waals surface area (Å²) in [5, 5.41) is 4.71. The molecule has 0 radical (unpaired) electrons. The number of ether oxygens (including phenoxy) is 2. The van der Waals surface area contributed by atoms with E-state index in [0.717, 1.165) is 11.3 Å². The predicted molar refractivity (Wildman–Crippen MR) is 113 cm³/mol. The Labute approximate surface area is 177 Å². The van der Waals surface area contributed by atoms with Crippen LogP contribution in [0, 0.1) is 5.82 Å². The van der Waals surface area contributed by atoms with Crippen molar-refractivity contribution in [3.63, 3.8) is 0 Å². The fourth-order valence-corrected chi connectivity index (χ4v) is 3.27. The molecule has 0 heterocycles. The molecule has 7 heteroatoms. The lowest BCUT2D eigenvalue weighted by molar-refractivity contribution is 0.303. The zero-order valence-corrected chi connectivity index (χ0v) is 17.2. The van der Waals surface area contributed by atoms with E-state index in [-0.39, 0.29) is 12.4 Å². The lowest BCUT2D eigenvalue weighted by Gasteiger charge is -2.14. The van der Waals surface area contributed by atoms with Gasteiger partial charge in [0, 0.05) is 28.4 Å². The van der Waals surface area contributed by atoms with Crippen molar-refractivity contribution in [3.8, 4) is 11.5 Å². The molecular weight excluding hydrogens is 424 g/mol. The first-order valence-electron chi connectivity index (χ1n) is 8.39. The van der Waals surface area contributed by atoms with E-state index >= 15 is 0 Å². The van der Waals surface area contributed by atoms with Gasteiger partial charge in [-0.15, -0.1) is 0 Å². The van der Waals surface area contributed by atoms with E-state index in [0.29, 0.717) is 38.7 Å². The maximum absolute atomic E-state index is 13.2. The van der Waals surface area contributed by atoms with Crippen LogP contribution in [0.5, 0.6) is 11.5 Å². The first-order valence-corrected chi connectivity index (χ1v) is 9.52. The molecule has 0 aliphatic carbocycles. The summed E-state index contributed by atoms with van der Waals surface area (Å²) < 4.78 is 24.2. The summed E-state index contributed by atoms with van der Waals surface area (Å²) in [5.74, 6) is 0.871. The van der Waals surface area contributed by atoms with Crippen molar-refractivity contribution < 1.29 is 13.9 Å². The Morgan fingerprint density at radius 3 is 2.36 bits per heavy atom. The Hall–Kier alpha value is -2.14. The summed E-state index contributed by atoms with van der Waals surface area (Å²) >= 11 is 18.4. The first kappa shape index (κ1) is 20.6. The smallest absolute Gasteiger partial charge is 0.137 e. The van der Waals surface area contributed by atoms with Crippen molar-refractivity contribution in [3.05, 3.63) is 86.6 Å². The standard InChI is InChI=1S/C21H17Cl3FNO2/c1-27-21-7-5-17(10-19(21)24)26-11-14-8-15(22)3-6-20(14)28-12-13-2-4-16(25)9-18(13)23/h2-10,26H,11-12H2,1H3. The fourth-order valence-electron chi connectivity index (χ4n) is 2.59. The maximum Gasteiger partial charge on any atom is 0.137 e. The molecule has 0 saturated heterocycles. The number of hydrogen-bond donors (Lipinski definition) is 1. The minimum atomic E-state index is -0.386. The van der Waals surface area contributed by atoms with Crippen LogP contribution in [0.4, 0.5) is 10.1 Å². The molecule has 3 aromatic rings. The van der Waals surface area contributed by atoms with Crippen LogP contribution < -0.4 is 14.8 Å². The van der Waals surface area contributed by atoms with Gasteiger partial charge in [0.25, 0.3) is 0 Å². The highest BCUT2D eigenvalue weighted by molar-refractivity contribution is 6.32. The molecule has 0 amide bonds. The molecular formula is C21H17Cl3FNO2. The molecule has 28 heavy (non-hydrogen) atoms. The molecule has 3 nitrogen and oxygen atoms in total. The SMILES string of the molecule is COc1ccc(NCc2cc(Cl)ccc2OCc2ccc(F)cc2Cl)cc1Cl. The molecule has 0 atom stereocenters. The summed E-state index contributed by atoms with van der Waals surface area (Å²) in [6.07, 6.45) is 0. The number of methoxy groups -OCH3 is 1. The second kappa shape index (κ2) is 9.37. The van der Waals surface area contributed by atoms with E-state index in [1.54, 1.807) is 37.4 Å². The Bertz CT molecular complexity index is 982. The normalized spacial score (nSPS) is 10.6. The number of hydrogen-bond acceptors (Lipinski definition) is 3. The number of benzene rings is 3. The molecule has 0 spiro atoms. The van der Waals surface area contributed by atoms with Crippen molar-refractivity contribution in [2.24, 2.45) is 0 Å². The largest absolute Gasteiger partial charge is 0.495 e. The molecule has 3 aromatic carbocycles. The van der Waals surface area contributed by atoms with Gasteiger partial charge in [0.2, 0.25) is 0 Å². The summed E-state index contributed by atoms with van der Waals surface area (Å²) in [4.78, 5) is 0. The average molecular weight is 441 g/mol. The van der Waals surface area contributed by atoms with Crippen molar-refractivity contribution in [2.45, 2.75) is 13.2 Å². The second-order valence-electron chi connectivity index (χ2n) is 5.98. The van der Waals surface area contributed by atoms with E-state index in [4.69, 9.17) is 44.3 Å². The van der Waals surface area contributed by atoms with Crippen LogP contribution in [-0.2, 0) is 13.2 Å². The highest BCUT2D eigenvalue weighted by Crippen LogP contribution is 2.29. The van der Waals surface area contributed by atoms with E-state index < -0.39 is 0 Å². The van der Waals surface area contributed by atoms with Gasteiger partial charge in [-0.25, -0.2) is 4.39 Å². The van der Waals surface area contributed by atoms with Gasteiger partial charge < -0.3 is 14.8 Å². The van der Waals surface area contributed by atoms with Crippen LogP contribution in [0.15, 0.2) is 54.6 Å². The molecule has 0 fully saturated rings. The summed E-state index contributed by atoms with van der Waals surface area (Å²) in [7, 11) is 1.57. The van der Waals surface area contributed by atoms with Crippen molar-refractivity contribution in [1.29, 1.82) is 0 Å². The average Bonchev–Trinajstić information content (AvgIpc) is 2.67. The van der Waals surface area contributed by atoms with Gasteiger partial charge in [-0.3, -0.25) is 0 Å². The predicted octanol–water partition coefficient (Wildman–Crippen LogP) is 6.99. The Kier molecular flexibility index (Phi) is 6.89. The van der Waals surface area contributed by atoms with Crippen LogP contribution in [-0.4, -0.2) is 7.11 Å². The van der Waals surface area contributed by atoms with Gasteiger partial charge in [0.1, 0.15) is 23.9 Å². The minimum absolute atomic E-state index is 0.210. The zero-order chi connectivity index (χ0) is 20.1. The van der Waals surface area contributed by atoms with Gasteiger partial charge in [-0.1, -0.05) is 40.9 Å². The van der Waals surface area contributed by atoms with Crippen LogP contribution in [0.1, 0.15) is 11.1 Å². The first-order chi connectivity index (χ1) is 13.5. The lowest BCUT2D eigenvalue weighted by Crippen LogP contribution is -2.04. The number of rotatable bonds is 7. The molecule has 3 rings (SSSR count). The second-order valence-corrected chi connectivity index (χ2v) is 7.23. The van der Waals surface area contributed by atoms with Crippen LogP contribution in [0.25, 0.3) is 0 Å². The Morgan fingerprint density at radius 2 is 1.64 bits per heavy atom. The summed E-state index contributed by atoms with van der Waals surface area (Å²) in [5.41, 5.74) is 2.38. The number of nitrogens with one attached hydrogen (secondary N) is 1. The van der Waals surface area contributed by atoms with E-state index in [1.165, 1.54) is 12.1 Å². The van der Waals surface area contributed by atoms with Gasteiger partial charge in [0.15, 0.2) is 0 Å². The van der Waals surface area contributed by atoms with E-state index in [9.17, 15) is 4.39 Å². The van der Waals surface area contributed by atoms with Crippen LogP contribution in [0.3, 0.4) is 0 Å². The van der Waals surface area contributed by atoms with Gasteiger partial charge in [0.05, 0.1) is 17.2 Å². The van der Waals surface area contributed by atoms with E-state index in [1.807, 2.05) is 12.1 Å². The third-order valence-electron chi connectivity index (χ3n) is 4.06. The molecule has 0 aliphatic rings. The highest BCUT2D eigenvalue weighted by atomic mass is 35.5. The van der Waals surface area contributed by atoms with Gasteiger partial charge in [-0.2, -0.15) is 0 Å². The third kappa shape index (κ3) is 5.22. The Morgan fingerprint density at radius 1 is 0.857 bits per heavy atom. The number of anilines is 1. The maximum atomic E-state index is 13.2. The van der Waals surface area contributed by atoms with Gasteiger partial charge in [-0.05, 0) is 48.5 Å². The fraction of sp³-hybridized carbons (Fsp3) is 0.143. The lowest BCUT2D eigenvalue weighted by atomic mass is 10.2. The van der Waals surface area contributed by atoms with Crippen molar-refractivity contribution in [1.82, 2.24) is 0 Å².